The molecule has 27 heavy (non-hydrogen) atoms. The van der Waals surface area contributed by atoms with E-state index >= 15 is 0 Å². The van der Waals surface area contributed by atoms with Crippen molar-refractivity contribution in [2.24, 2.45) is 0 Å². The number of carbonyl (C=O) groups is 1. The smallest absolute Gasteiger partial charge is 0.243 e. The summed E-state index contributed by atoms with van der Waals surface area (Å²) in [6.45, 7) is 6.65. The van der Waals surface area contributed by atoms with Crippen molar-refractivity contribution in [3.8, 4) is 0 Å². The number of aryl methyl sites for hydroxylation is 1. The molecule has 0 unspecified atom stereocenters. The van der Waals surface area contributed by atoms with Crippen molar-refractivity contribution in [3.63, 3.8) is 0 Å². The molecule has 0 aromatic heterocycles. The zero-order valence-corrected chi connectivity index (χ0v) is 16.8. The van der Waals surface area contributed by atoms with Crippen molar-refractivity contribution >= 4 is 27.3 Å². The molecule has 0 saturated carbocycles. The van der Waals surface area contributed by atoms with E-state index in [0.29, 0.717) is 18.8 Å². The van der Waals surface area contributed by atoms with Crippen LogP contribution < -0.4 is 10.6 Å². The van der Waals surface area contributed by atoms with Gasteiger partial charge in [-0.05, 0) is 48.4 Å². The molecule has 0 fully saturated rings. The van der Waals surface area contributed by atoms with Gasteiger partial charge >= 0.3 is 0 Å². The van der Waals surface area contributed by atoms with Crippen LogP contribution in [-0.4, -0.2) is 38.3 Å². The Balaban J connectivity index is 1.93. The summed E-state index contributed by atoms with van der Waals surface area (Å²) >= 11 is 0. The second kappa shape index (κ2) is 9.53. The van der Waals surface area contributed by atoms with Gasteiger partial charge in [-0.25, -0.2) is 8.42 Å². The van der Waals surface area contributed by atoms with Gasteiger partial charge in [0.25, 0.3) is 0 Å². The van der Waals surface area contributed by atoms with Gasteiger partial charge in [-0.3, -0.25) is 4.79 Å². The summed E-state index contributed by atoms with van der Waals surface area (Å²) in [5.41, 5.74) is 2.65. The number of hydrogen-bond donors (Lipinski definition) is 2. The molecule has 2 aromatic carbocycles. The van der Waals surface area contributed by atoms with Crippen LogP contribution in [0.4, 0.5) is 11.4 Å². The lowest BCUT2D eigenvalue weighted by atomic mass is 10.1. The summed E-state index contributed by atoms with van der Waals surface area (Å²) in [6.07, 6.45) is 0.954. The van der Waals surface area contributed by atoms with Gasteiger partial charge in [0.2, 0.25) is 15.9 Å². The highest BCUT2D eigenvalue weighted by Crippen LogP contribution is 2.18. The van der Waals surface area contributed by atoms with Crippen molar-refractivity contribution in [1.29, 1.82) is 0 Å². The molecule has 2 aromatic rings. The lowest BCUT2D eigenvalue weighted by Gasteiger charge is -2.18. The summed E-state index contributed by atoms with van der Waals surface area (Å²) in [5.74, 6) is -0.168. The molecule has 2 rings (SSSR count). The molecule has 0 aliphatic rings. The average molecular weight is 390 g/mol. The minimum Gasteiger partial charge on any atom is -0.376 e. The molecule has 6 nitrogen and oxygen atoms in total. The lowest BCUT2D eigenvalue weighted by Crippen LogP contribution is -2.30. The molecule has 0 aliphatic heterocycles. The lowest BCUT2D eigenvalue weighted by molar-refractivity contribution is -0.114. The monoisotopic (exact) mass is 389 g/mol. The predicted octanol–water partition coefficient (Wildman–Crippen LogP) is 3.33. The summed E-state index contributed by atoms with van der Waals surface area (Å²) < 4.78 is 26.3. The standard InChI is InChI=1S/C20H27N3O3S/c1-4-16-7-9-18(10-8-16)22-20(24)15-21-17-11-13-19(14-12-17)27(25,26)23(5-2)6-3/h7-14,21H,4-6,15H2,1-3H3,(H,22,24). The number of sulfonamides is 1. The second-order valence-electron chi connectivity index (χ2n) is 6.07. The normalized spacial score (nSPS) is 11.4. The maximum Gasteiger partial charge on any atom is 0.243 e. The summed E-state index contributed by atoms with van der Waals surface area (Å²) in [4.78, 5) is 12.3. The second-order valence-corrected chi connectivity index (χ2v) is 8.00. The Hall–Kier alpha value is -2.38. The predicted molar refractivity (Wildman–Crippen MR) is 109 cm³/mol. The molecule has 0 radical (unpaired) electrons. The van der Waals surface area contributed by atoms with E-state index in [-0.39, 0.29) is 17.3 Å². The Morgan fingerprint density at radius 1 is 0.889 bits per heavy atom. The zero-order valence-electron chi connectivity index (χ0n) is 16.0. The molecule has 2 N–H and O–H groups in total. The molecule has 1 amide bonds. The quantitative estimate of drug-likeness (QED) is 0.689. The fourth-order valence-corrected chi connectivity index (χ4v) is 4.13. The molecule has 7 heteroatoms. The number of hydrogen-bond acceptors (Lipinski definition) is 4. The van der Waals surface area contributed by atoms with Gasteiger partial charge in [0, 0.05) is 24.5 Å². The van der Waals surface area contributed by atoms with Gasteiger partial charge in [0.1, 0.15) is 0 Å². The summed E-state index contributed by atoms with van der Waals surface area (Å²) in [5, 5.41) is 5.83. The van der Waals surface area contributed by atoms with Crippen LogP contribution in [0.5, 0.6) is 0 Å². The van der Waals surface area contributed by atoms with Gasteiger partial charge in [0.05, 0.1) is 11.4 Å². The van der Waals surface area contributed by atoms with Gasteiger partial charge in [0.15, 0.2) is 0 Å². The minimum absolute atomic E-state index is 0.0949. The van der Waals surface area contributed by atoms with Crippen LogP contribution in [0, 0.1) is 0 Å². The number of rotatable bonds is 9. The highest BCUT2D eigenvalue weighted by atomic mass is 32.2. The fourth-order valence-electron chi connectivity index (χ4n) is 2.67. The molecule has 0 atom stereocenters. The first kappa shape index (κ1) is 20.9. The van der Waals surface area contributed by atoms with Crippen LogP contribution >= 0.6 is 0 Å². The minimum atomic E-state index is -3.47. The molecular weight excluding hydrogens is 362 g/mol. The number of carbonyl (C=O) groups excluding carboxylic acids is 1. The Morgan fingerprint density at radius 3 is 1.96 bits per heavy atom. The molecule has 0 bridgehead atoms. The molecule has 0 saturated heterocycles. The molecule has 0 spiro atoms. The van der Waals surface area contributed by atoms with Crippen LogP contribution in [0.25, 0.3) is 0 Å². The van der Waals surface area contributed by atoms with Crippen molar-refractivity contribution in [2.75, 3.05) is 30.3 Å². The first-order valence-electron chi connectivity index (χ1n) is 9.13. The highest BCUT2D eigenvalue weighted by molar-refractivity contribution is 7.89. The van der Waals surface area contributed by atoms with Crippen LogP contribution in [0.1, 0.15) is 26.3 Å². The third-order valence-corrected chi connectivity index (χ3v) is 6.36. The SMILES string of the molecule is CCc1ccc(NC(=O)CNc2ccc(S(=O)(=O)N(CC)CC)cc2)cc1. The maximum atomic E-state index is 12.5. The third-order valence-electron chi connectivity index (χ3n) is 4.30. The largest absolute Gasteiger partial charge is 0.376 e. The van der Waals surface area contributed by atoms with Gasteiger partial charge in [-0.15, -0.1) is 0 Å². The Bertz CT molecular complexity index is 843. The first-order valence-corrected chi connectivity index (χ1v) is 10.6. The molecule has 0 heterocycles. The van der Waals surface area contributed by atoms with E-state index in [1.165, 1.54) is 9.87 Å². The van der Waals surface area contributed by atoms with E-state index < -0.39 is 10.0 Å². The van der Waals surface area contributed by atoms with Crippen molar-refractivity contribution in [2.45, 2.75) is 32.1 Å². The number of nitrogens with one attached hydrogen (secondary N) is 2. The van der Waals surface area contributed by atoms with E-state index in [9.17, 15) is 13.2 Å². The number of anilines is 2. The average Bonchev–Trinajstić information content (AvgIpc) is 2.68. The molecule has 146 valence electrons. The van der Waals surface area contributed by atoms with E-state index in [1.54, 1.807) is 24.3 Å². The van der Waals surface area contributed by atoms with Gasteiger partial charge in [-0.2, -0.15) is 4.31 Å². The topological polar surface area (TPSA) is 78.5 Å². The number of benzene rings is 2. The number of nitrogens with zero attached hydrogens (tertiary/aromatic N) is 1. The Morgan fingerprint density at radius 2 is 1.44 bits per heavy atom. The third kappa shape index (κ3) is 5.55. The van der Waals surface area contributed by atoms with Crippen molar-refractivity contribution in [3.05, 3.63) is 54.1 Å². The van der Waals surface area contributed by atoms with E-state index in [2.05, 4.69) is 17.6 Å². The first-order chi connectivity index (χ1) is 12.9. The van der Waals surface area contributed by atoms with E-state index in [0.717, 1.165) is 12.1 Å². The highest BCUT2D eigenvalue weighted by Gasteiger charge is 2.21. The van der Waals surface area contributed by atoms with Crippen molar-refractivity contribution < 1.29 is 13.2 Å². The summed E-state index contributed by atoms with van der Waals surface area (Å²) in [6, 6.07) is 14.2. The van der Waals surface area contributed by atoms with Crippen LogP contribution in [-0.2, 0) is 21.2 Å². The zero-order chi connectivity index (χ0) is 19.9. The van der Waals surface area contributed by atoms with Crippen LogP contribution in [0.15, 0.2) is 53.4 Å². The van der Waals surface area contributed by atoms with E-state index in [4.69, 9.17) is 0 Å². The maximum absolute atomic E-state index is 12.5. The van der Waals surface area contributed by atoms with Gasteiger partial charge in [-0.1, -0.05) is 32.9 Å². The van der Waals surface area contributed by atoms with Crippen LogP contribution in [0.2, 0.25) is 0 Å². The Kier molecular flexibility index (Phi) is 7.38. The fraction of sp³-hybridized carbons (Fsp3) is 0.350. The van der Waals surface area contributed by atoms with E-state index in [1.807, 2.05) is 38.1 Å². The summed E-state index contributed by atoms with van der Waals surface area (Å²) in [7, 11) is -3.47. The van der Waals surface area contributed by atoms with Crippen molar-refractivity contribution in [1.82, 2.24) is 4.31 Å². The van der Waals surface area contributed by atoms with Crippen LogP contribution in [0.3, 0.4) is 0 Å². The molecule has 0 aliphatic carbocycles. The Labute approximate surface area is 161 Å². The molecular formula is C20H27N3O3S. The van der Waals surface area contributed by atoms with Gasteiger partial charge < -0.3 is 10.6 Å². The number of amides is 1.